The lowest BCUT2D eigenvalue weighted by Crippen LogP contribution is -2.41. The Hall–Kier alpha value is -3.02. The van der Waals surface area contributed by atoms with E-state index in [1.807, 2.05) is 24.3 Å². The standard InChI is InChI=1S/C19H20N2O4/c1-20(12-14-6-2-4-8-16(14)22)18(23)10-11-21-15-7-3-5-9-17(15)25-13-19(21)24/h2-9,22H,10-13H2,1H3. The van der Waals surface area contributed by atoms with Crippen molar-refractivity contribution in [3.8, 4) is 11.5 Å². The third-order valence-corrected chi connectivity index (χ3v) is 4.18. The first kappa shape index (κ1) is 16.8. The Kier molecular flexibility index (Phi) is 4.88. The van der Waals surface area contributed by atoms with Gasteiger partial charge >= 0.3 is 0 Å². The third-order valence-electron chi connectivity index (χ3n) is 4.18. The number of carbonyl (C=O) groups excluding carboxylic acids is 2. The largest absolute Gasteiger partial charge is 0.508 e. The fourth-order valence-electron chi connectivity index (χ4n) is 2.79. The summed E-state index contributed by atoms with van der Waals surface area (Å²) in [6.07, 6.45) is 0.199. The number of rotatable bonds is 5. The SMILES string of the molecule is CN(Cc1ccccc1O)C(=O)CCN1C(=O)COc2ccccc21. The molecule has 6 nitrogen and oxygen atoms in total. The van der Waals surface area contributed by atoms with Gasteiger partial charge in [0.25, 0.3) is 5.91 Å². The Labute approximate surface area is 146 Å². The first-order valence-electron chi connectivity index (χ1n) is 8.09. The predicted octanol–water partition coefficient (Wildman–Crippen LogP) is 2.17. The molecule has 0 atom stereocenters. The smallest absolute Gasteiger partial charge is 0.265 e. The molecule has 25 heavy (non-hydrogen) atoms. The van der Waals surface area contributed by atoms with Crippen LogP contribution in [-0.4, -0.2) is 42.0 Å². The van der Waals surface area contributed by atoms with Crippen molar-refractivity contribution in [2.45, 2.75) is 13.0 Å². The minimum absolute atomic E-state index is 0.0149. The molecule has 1 heterocycles. The summed E-state index contributed by atoms with van der Waals surface area (Å²) in [4.78, 5) is 27.6. The number of phenols is 1. The highest BCUT2D eigenvalue weighted by Crippen LogP contribution is 2.31. The molecule has 2 aromatic rings. The summed E-state index contributed by atoms with van der Waals surface area (Å²) in [5, 5.41) is 9.81. The Morgan fingerprint density at radius 3 is 2.72 bits per heavy atom. The van der Waals surface area contributed by atoms with Gasteiger partial charge in [0, 0.05) is 32.1 Å². The average Bonchev–Trinajstić information content (AvgIpc) is 2.62. The van der Waals surface area contributed by atoms with E-state index in [4.69, 9.17) is 4.74 Å². The highest BCUT2D eigenvalue weighted by molar-refractivity contribution is 5.98. The van der Waals surface area contributed by atoms with Gasteiger partial charge in [-0.3, -0.25) is 9.59 Å². The van der Waals surface area contributed by atoms with Crippen LogP contribution in [0.15, 0.2) is 48.5 Å². The monoisotopic (exact) mass is 340 g/mol. The van der Waals surface area contributed by atoms with Gasteiger partial charge < -0.3 is 19.6 Å². The fourth-order valence-corrected chi connectivity index (χ4v) is 2.79. The van der Waals surface area contributed by atoms with Gasteiger partial charge in [0.15, 0.2) is 6.61 Å². The van der Waals surface area contributed by atoms with Crippen LogP contribution < -0.4 is 9.64 Å². The van der Waals surface area contributed by atoms with E-state index in [0.29, 0.717) is 30.1 Å². The number of hydrogen-bond acceptors (Lipinski definition) is 4. The van der Waals surface area contributed by atoms with Crippen molar-refractivity contribution in [1.29, 1.82) is 0 Å². The highest BCUT2D eigenvalue weighted by atomic mass is 16.5. The summed E-state index contributed by atoms with van der Waals surface area (Å²) in [6.45, 7) is 0.598. The summed E-state index contributed by atoms with van der Waals surface area (Å²) in [5.41, 5.74) is 1.38. The summed E-state index contributed by atoms with van der Waals surface area (Å²) < 4.78 is 5.40. The molecular weight excluding hydrogens is 320 g/mol. The number of hydrogen-bond donors (Lipinski definition) is 1. The van der Waals surface area contributed by atoms with E-state index in [0.717, 1.165) is 0 Å². The molecular formula is C19H20N2O4. The zero-order valence-electron chi connectivity index (χ0n) is 14.0. The first-order chi connectivity index (χ1) is 12.1. The number of anilines is 1. The Bertz CT molecular complexity index is 790. The molecule has 6 heteroatoms. The zero-order chi connectivity index (χ0) is 17.8. The lowest BCUT2D eigenvalue weighted by Gasteiger charge is -2.29. The fraction of sp³-hybridized carbons (Fsp3) is 0.263. The Balaban J connectivity index is 1.62. The van der Waals surface area contributed by atoms with Crippen LogP contribution in [0.5, 0.6) is 11.5 Å². The molecule has 0 unspecified atom stereocenters. The molecule has 2 aromatic carbocycles. The molecule has 0 saturated carbocycles. The normalized spacial score (nSPS) is 13.2. The van der Waals surface area contributed by atoms with Gasteiger partial charge in [-0.25, -0.2) is 0 Å². The maximum atomic E-state index is 12.4. The molecule has 0 spiro atoms. The summed E-state index contributed by atoms with van der Waals surface area (Å²) in [7, 11) is 1.68. The van der Waals surface area contributed by atoms with Gasteiger partial charge in [-0.2, -0.15) is 0 Å². The maximum absolute atomic E-state index is 12.4. The van der Waals surface area contributed by atoms with E-state index in [9.17, 15) is 14.7 Å². The quantitative estimate of drug-likeness (QED) is 0.906. The number of nitrogens with zero attached hydrogens (tertiary/aromatic N) is 2. The van der Waals surface area contributed by atoms with Crippen LogP contribution in [0.25, 0.3) is 0 Å². The van der Waals surface area contributed by atoms with Crippen LogP contribution in [0, 0.1) is 0 Å². The molecule has 1 N–H and O–H groups in total. The summed E-state index contributed by atoms with van der Waals surface area (Å²) in [5.74, 6) is 0.562. The van der Waals surface area contributed by atoms with Crippen LogP contribution in [0.2, 0.25) is 0 Å². The molecule has 1 aliphatic rings. The molecule has 2 amide bonds. The van der Waals surface area contributed by atoms with Gasteiger partial charge in [-0.1, -0.05) is 30.3 Å². The number of ether oxygens (including phenoxy) is 1. The molecule has 0 fully saturated rings. The molecule has 0 aliphatic carbocycles. The number of aromatic hydroxyl groups is 1. The van der Waals surface area contributed by atoms with Gasteiger partial charge in [-0.05, 0) is 18.2 Å². The van der Waals surface area contributed by atoms with Crippen molar-refractivity contribution < 1.29 is 19.4 Å². The van der Waals surface area contributed by atoms with Crippen LogP contribution in [0.4, 0.5) is 5.69 Å². The van der Waals surface area contributed by atoms with Gasteiger partial charge in [-0.15, -0.1) is 0 Å². The predicted molar refractivity (Wildman–Crippen MR) is 93.5 cm³/mol. The molecule has 0 bridgehead atoms. The van der Waals surface area contributed by atoms with Crippen molar-refractivity contribution in [2.75, 3.05) is 25.1 Å². The van der Waals surface area contributed by atoms with Crippen molar-refractivity contribution in [2.24, 2.45) is 0 Å². The minimum atomic E-state index is -0.158. The van der Waals surface area contributed by atoms with E-state index < -0.39 is 0 Å². The second kappa shape index (κ2) is 7.25. The van der Waals surface area contributed by atoms with Crippen molar-refractivity contribution in [1.82, 2.24) is 4.90 Å². The topological polar surface area (TPSA) is 70.1 Å². The van der Waals surface area contributed by atoms with E-state index >= 15 is 0 Å². The van der Waals surface area contributed by atoms with Crippen LogP contribution in [0.3, 0.4) is 0 Å². The Morgan fingerprint density at radius 1 is 1.20 bits per heavy atom. The van der Waals surface area contributed by atoms with Crippen LogP contribution >= 0.6 is 0 Å². The second-order valence-corrected chi connectivity index (χ2v) is 5.93. The molecule has 0 saturated heterocycles. The van der Waals surface area contributed by atoms with Crippen molar-refractivity contribution in [3.05, 3.63) is 54.1 Å². The zero-order valence-corrected chi connectivity index (χ0v) is 14.0. The number of para-hydroxylation sites is 3. The molecule has 3 rings (SSSR count). The molecule has 0 aromatic heterocycles. The highest BCUT2D eigenvalue weighted by Gasteiger charge is 2.25. The molecule has 0 radical (unpaired) electrons. The number of fused-ring (bicyclic) bond motifs is 1. The van der Waals surface area contributed by atoms with E-state index in [1.165, 1.54) is 0 Å². The first-order valence-corrected chi connectivity index (χ1v) is 8.09. The van der Waals surface area contributed by atoms with Crippen molar-refractivity contribution >= 4 is 17.5 Å². The van der Waals surface area contributed by atoms with E-state index in [1.54, 1.807) is 41.1 Å². The van der Waals surface area contributed by atoms with Gasteiger partial charge in [0.1, 0.15) is 11.5 Å². The average molecular weight is 340 g/mol. The lowest BCUT2D eigenvalue weighted by atomic mass is 10.2. The summed E-state index contributed by atoms with van der Waals surface area (Å²) >= 11 is 0. The van der Waals surface area contributed by atoms with Crippen molar-refractivity contribution in [3.63, 3.8) is 0 Å². The number of phenolic OH excluding ortho intramolecular Hbond substituents is 1. The van der Waals surface area contributed by atoms with E-state index in [-0.39, 0.29) is 30.6 Å². The second-order valence-electron chi connectivity index (χ2n) is 5.93. The number of benzene rings is 2. The molecule has 130 valence electrons. The third kappa shape index (κ3) is 3.74. The van der Waals surface area contributed by atoms with Crippen LogP contribution in [0.1, 0.15) is 12.0 Å². The van der Waals surface area contributed by atoms with E-state index in [2.05, 4.69) is 0 Å². The van der Waals surface area contributed by atoms with Gasteiger partial charge in [0.05, 0.1) is 5.69 Å². The maximum Gasteiger partial charge on any atom is 0.265 e. The number of amides is 2. The Morgan fingerprint density at radius 2 is 1.92 bits per heavy atom. The van der Waals surface area contributed by atoms with Gasteiger partial charge in [0.2, 0.25) is 5.91 Å². The lowest BCUT2D eigenvalue weighted by molar-refractivity contribution is -0.130. The minimum Gasteiger partial charge on any atom is -0.508 e. The van der Waals surface area contributed by atoms with Crippen LogP contribution in [-0.2, 0) is 16.1 Å². The number of carbonyl (C=O) groups is 2. The summed E-state index contributed by atoms with van der Waals surface area (Å²) in [6, 6.07) is 14.2. The molecule has 1 aliphatic heterocycles.